The number of likely N-dealkylation sites (N-methyl/N-ethyl adjacent to an activating group) is 1. The molecule has 0 saturated carbocycles. The number of hydrogen-bond donors (Lipinski definition) is 1. The molecule has 9 heteroatoms. The molecular weight excluding hydrogens is 318 g/mol. The zero-order valence-corrected chi connectivity index (χ0v) is 14.1. The minimum Gasteiger partial charge on any atom is -0.347 e. The molecule has 0 unspecified atom stereocenters. The highest BCUT2D eigenvalue weighted by molar-refractivity contribution is 7.88. The number of allylic oxidation sites excluding steroid dienone is 1. The van der Waals surface area contributed by atoms with Crippen LogP contribution in [-0.2, 0) is 21.5 Å². The van der Waals surface area contributed by atoms with Crippen LogP contribution in [0.5, 0.6) is 0 Å². The minimum atomic E-state index is -3.96. The van der Waals surface area contributed by atoms with Crippen LogP contribution in [0.4, 0.5) is 0 Å². The third-order valence-corrected chi connectivity index (χ3v) is 4.81. The number of aryl methyl sites for hydroxylation is 1. The summed E-state index contributed by atoms with van der Waals surface area (Å²) in [5, 5.41) is 6.75. The van der Waals surface area contributed by atoms with Crippen molar-refractivity contribution < 1.29 is 13.2 Å². The largest absolute Gasteiger partial charge is 0.347 e. The minimum absolute atomic E-state index is 0.000462. The highest BCUT2D eigenvalue weighted by atomic mass is 32.2. The Morgan fingerprint density at radius 3 is 2.74 bits per heavy atom. The number of amides is 1. The van der Waals surface area contributed by atoms with Gasteiger partial charge in [0.15, 0.2) is 0 Å². The molecule has 23 heavy (non-hydrogen) atoms. The van der Waals surface area contributed by atoms with Crippen molar-refractivity contribution in [3.8, 4) is 0 Å². The Labute approximate surface area is 135 Å². The van der Waals surface area contributed by atoms with E-state index in [1.54, 1.807) is 10.9 Å². The first kappa shape index (κ1) is 16.9. The van der Waals surface area contributed by atoms with E-state index in [4.69, 9.17) is 0 Å². The molecule has 1 amide bonds. The molecule has 2 heterocycles. The summed E-state index contributed by atoms with van der Waals surface area (Å²) in [6.07, 6.45) is 4.51. The molecule has 1 N–H and O–H groups in total. The van der Waals surface area contributed by atoms with E-state index in [9.17, 15) is 13.2 Å². The summed E-state index contributed by atoms with van der Waals surface area (Å²) in [6, 6.07) is 0. The molecule has 1 aliphatic heterocycles. The van der Waals surface area contributed by atoms with E-state index in [1.807, 2.05) is 13.8 Å². The van der Waals surface area contributed by atoms with Gasteiger partial charge in [-0.25, -0.2) is 4.31 Å². The van der Waals surface area contributed by atoms with Crippen LogP contribution in [0, 0.1) is 6.92 Å². The second kappa shape index (κ2) is 6.37. The number of nitrogens with zero attached hydrogens (tertiary/aromatic N) is 4. The highest BCUT2D eigenvalue weighted by Gasteiger charge is 2.30. The molecule has 1 aliphatic rings. The maximum Gasteiger partial charge on any atom is 0.345 e. The van der Waals surface area contributed by atoms with E-state index in [-0.39, 0.29) is 18.0 Å². The summed E-state index contributed by atoms with van der Waals surface area (Å²) < 4.78 is 30.8. The van der Waals surface area contributed by atoms with Crippen LogP contribution in [0.25, 0.3) is 0 Å². The van der Waals surface area contributed by atoms with Crippen LogP contribution < -0.4 is 5.32 Å². The lowest BCUT2D eigenvalue weighted by molar-refractivity contribution is -0.118. The summed E-state index contributed by atoms with van der Waals surface area (Å²) >= 11 is 0. The SMILES string of the molecule is C=CCNC(=O)C1=CC(c2cnn(CC)c2C)=NS(=O)(=O)N1C. The van der Waals surface area contributed by atoms with Crippen molar-refractivity contribution in [3.05, 3.63) is 41.9 Å². The summed E-state index contributed by atoms with van der Waals surface area (Å²) in [4.78, 5) is 12.2. The number of rotatable bonds is 5. The maximum absolute atomic E-state index is 12.2. The summed E-state index contributed by atoms with van der Waals surface area (Å²) in [7, 11) is -2.67. The first-order valence-electron chi connectivity index (χ1n) is 7.04. The van der Waals surface area contributed by atoms with E-state index < -0.39 is 16.1 Å². The molecule has 0 saturated heterocycles. The zero-order valence-electron chi connectivity index (χ0n) is 13.3. The number of aromatic nitrogens is 2. The number of nitrogens with one attached hydrogen (secondary N) is 1. The number of carbonyl (C=O) groups excluding carboxylic acids is 1. The van der Waals surface area contributed by atoms with Crippen LogP contribution >= 0.6 is 0 Å². The van der Waals surface area contributed by atoms with Gasteiger partial charge in [-0.2, -0.15) is 13.5 Å². The Kier molecular flexibility index (Phi) is 4.69. The fourth-order valence-electron chi connectivity index (χ4n) is 2.16. The topological polar surface area (TPSA) is 96.7 Å². The van der Waals surface area contributed by atoms with Crippen LogP contribution in [0.3, 0.4) is 0 Å². The van der Waals surface area contributed by atoms with Crippen LogP contribution in [0.2, 0.25) is 0 Å². The first-order chi connectivity index (χ1) is 10.8. The molecule has 0 aromatic carbocycles. The van der Waals surface area contributed by atoms with E-state index in [2.05, 4.69) is 21.4 Å². The van der Waals surface area contributed by atoms with E-state index in [0.717, 1.165) is 10.00 Å². The van der Waals surface area contributed by atoms with E-state index >= 15 is 0 Å². The van der Waals surface area contributed by atoms with Gasteiger partial charge in [0.2, 0.25) is 0 Å². The zero-order chi connectivity index (χ0) is 17.2. The second-order valence-corrected chi connectivity index (χ2v) is 6.54. The molecule has 0 spiro atoms. The van der Waals surface area contributed by atoms with Crippen molar-refractivity contribution in [1.82, 2.24) is 19.4 Å². The number of carbonyl (C=O) groups is 1. The molecule has 124 valence electrons. The third kappa shape index (κ3) is 3.19. The molecule has 1 aromatic heterocycles. The van der Waals surface area contributed by atoms with Crippen molar-refractivity contribution in [3.63, 3.8) is 0 Å². The summed E-state index contributed by atoms with van der Waals surface area (Å²) in [5.41, 5.74) is 1.56. The quantitative estimate of drug-likeness (QED) is 0.785. The summed E-state index contributed by atoms with van der Waals surface area (Å²) in [6.45, 7) is 8.16. The molecule has 1 aromatic rings. The molecule has 2 rings (SSSR count). The van der Waals surface area contributed by atoms with E-state index in [0.29, 0.717) is 12.1 Å². The van der Waals surface area contributed by atoms with Gasteiger partial charge in [-0.15, -0.1) is 11.0 Å². The lowest BCUT2D eigenvalue weighted by Gasteiger charge is -2.23. The Balaban J connectivity index is 2.50. The van der Waals surface area contributed by atoms with Gasteiger partial charge in [0, 0.05) is 31.4 Å². The van der Waals surface area contributed by atoms with Crippen LogP contribution in [0.1, 0.15) is 18.2 Å². The average Bonchev–Trinajstić information content (AvgIpc) is 2.88. The van der Waals surface area contributed by atoms with Gasteiger partial charge in [0.05, 0.1) is 11.9 Å². The maximum atomic E-state index is 12.2. The Hall–Kier alpha value is -2.42. The smallest absolute Gasteiger partial charge is 0.345 e. The Bertz CT molecular complexity index is 804. The lowest BCUT2D eigenvalue weighted by Crippen LogP contribution is -2.38. The van der Waals surface area contributed by atoms with E-state index in [1.165, 1.54) is 19.2 Å². The van der Waals surface area contributed by atoms with Crippen molar-refractivity contribution in [2.24, 2.45) is 4.40 Å². The van der Waals surface area contributed by atoms with Crippen molar-refractivity contribution in [2.75, 3.05) is 13.6 Å². The Morgan fingerprint density at radius 1 is 1.48 bits per heavy atom. The van der Waals surface area contributed by atoms with Gasteiger partial charge in [0.25, 0.3) is 5.91 Å². The first-order valence-corrected chi connectivity index (χ1v) is 8.44. The van der Waals surface area contributed by atoms with Gasteiger partial charge >= 0.3 is 10.2 Å². The second-order valence-electron chi connectivity index (χ2n) is 4.91. The van der Waals surface area contributed by atoms with Gasteiger partial charge in [-0.1, -0.05) is 6.08 Å². The highest BCUT2D eigenvalue weighted by Crippen LogP contribution is 2.21. The molecule has 0 aliphatic carbocycles. The Morgan fingerprint density at radius 2 is 2.17 bits per heavy atom. The fourth-order valence-corrected chi connectivity index (χ4v) is 3.07. The van der Waals surface area contributed by atoms with Gasteiger partial charge < -0.3 is 5.32 Å². The fraction of sp³-hybridized carbons (Fsp3) is 0.357. The van der Waals surface area contributed by atoms with Gasteiger partial charge in [-0.05, 0) is 19.9 Å². The molecule has 0 bridgehead atoms. The molecule has 0 fully saturated rings. The molecule has 8 nitrogen and oxygen atoms in total. The van der Waals surface area contributed by atoms with Gasteiger partial charge in [0.1, 0.15) is 5.70 Å². The molecule has 0 radical (unpaired) electrons. The molecular formula is C14H19N5O3S. The normalized spacial score (nSPS) is 16.6. The molecule has 0 atom stereocenters. The standard InChI is InChI=1S/C14H19N5O3S/c1-5-7-15-14(20)13-8-12(17-23(21,22)18(13)4)11-9-16-19(6-2)10(11)3/h5,8-9H,1,6-7H2,2-4H3,(H,15,20). The number of hydrogen-bond acceptors (Lipinski definition) is 4. The van der Waals surface area contributed by atoms with Crippen molar-refractivity contribution in [2.45, 2.75) is 20.4 Å². The monoisotopic (exact) mass is 337 g/mol. The third-order valence-electron chi connectivity index (χ3n) is 3.49. The summed E-state index contributed by atoms with van der Waals surface area (Å²) in [5.74, 6) is -0.510. The van der Waals surface area contributed by atoms with Crippen LogP contribution in [0.15, 0.2) is 35.0 Å². The van der Waals surface area contributed by atoms with Gasteiger partial charge in [-0.3, -0.25) is 9.48 Å². The predicted molar refractivity (Wildman–Crippen MR) is 87.1 cm³/mol. The van der Waals surface area contributed by atoms with Crippen molar-refractivity contribution in [1.29, 1.82) is 0 Å². The lowest BCUT2D eigenvalue weighted by atomic mass is 10.1. The average molecular weight is 337 g/mol. The predicted octanol–water partition coefficient (Wildman–Crippen LogP) is 0.377. The van der Waals surface area contributed by atoms with Crippen LogP contribution in [-0.4, -0.2) is 47.7 Å². The van der Waals surface area contributed by atoms with Crippen molar-refractivity contribution >= 4 is 21.8 Å².